The zero-order chi connectivity index (χ0) is 18.6. The van der Waals surface area contributed by atoms with E-state index in [1.54, 1.807) is 19.1 Å². The first-order valence-corrected chi connectivity index (χ1v) is 8.49. The summed E-state index contributed by atoms with van der Waals surface area (Å²) in [5, 5.41) is 2.59. The fourth-order valence-corrected chi connectivity index (χ4v) is 2.87. The molecule has 2 rings (SSSR count). The number of carbonyl (C=O) groups is 1. The minimum atomic E-state index is -2.96. The van der Waals surface area contributed by atoms with E-state index in [9.17, 15) is 13.6 Å². The molecule has 0 aliphatic rings. The molecule has 5 nitrogen and oxygen atoms in total. The van der Waals surface area contributed by atoms with Crippen LogP contribution in [0.15, 0.2) is 29.4 Å². The molecule has 1 aromatic carbocycles. The van der Waals surface area contributed by atoms with Crippen molar-refractivity contribution in [3.05, 3.63) is 41.2 Å². The highest BCUT2D eigenvalue weighted by molar-refractivity contribution is 8.00. The van der Waals surface area contributed by atoms with Crippen molar-refractivity contribution < 1.29 is 18.3 Å². The number of ether oxygens (including phenoxy) is 1. The molecule has 1 amide bonds. The van der Waals surface area contributed by atoms with E-state index in [-0.39, 0.29) is 17.3 Å². The van der Waals surface area contributed by atoms with Gasteiger partial charge in [0, 0.05) is 11.4 Å². The van der Waals surface area contributed by atoms with Gasteiger partial charge in [0.15, 0.2) is 5.16 Å². The third-order valence-electron chi connectivity index (χ3n) is 3.62. The van der Waals surface area contributed by atoms with Crippen molar-refractivity contribution >= 4 is 23.4 Å². The number of anilines is 1. The molecule has 0 radical (unpaired) electrons. The number of nitrogens with one attached hydrogen (secondary N) is 1. The van der Waals surface area contributed by atoms with Gasteiger partial charge in [-0.05, 0) is 45.4 Å². The van der Waals surface area contributed by atoms with Gasteiger partial charge in [-0.25, -0.2) is 9.97 Å². The predicted octanol–water partition coefficient (Wildman–Crippen LogP) is 4.12. The summed E-state index contributed by atoms with van der Waals surface area (Å²) in [5.74, 6) is -0.434. The van der Waals surface area contributed by atoms with Crippen molar-refractivity contribution in [3.63, 3.8) is 0 Å². The minimum absolute atomic E-state index is 0.0821. The van der Waals surface area contributed by atoms with Gasteiger partial charge in [0.2, 0.25) is 5.91 Å². The molecule has 0 saturated carbocycles. The van der Waals surface area contributed by atoms with Gasteiger partial charge in [-0.2, -0.15) is 8.78 Å². The van der Waals surface area contributed by atoms with E-state index < -0.39 is 11.9 Å². The normalized spacial score (nSPS) is 12.1. The molecule has 1 heterocycles. The van der Waals surface area contributed by atoms with Gasteiger partial charge in [0.05, 0.1) is 10.9 Å². The summed E-state index contributed by atoms with van der Waals surface area (Å²) in [6.07, 6.45) is 0. The Hall–Kier alpha value is -2.22. The van der Waals surface area contributed by atoms with Crippen molar-refractivity contribution in [3.8, 4) is 5.75 Å². The van der Waals surface area contributed by atoms with Crippen LogP contribution >= 0.6 is 11.8 Å². The Morgan fingerprint density at radius 1 is 1.16 bits per heavy atom. The number of halogens is 2. The average molecular weight is 367 g/mol. The van der Waals surface area contributed by atoms with Crippen molar-refractivity contribution in [2.75, 3.05) is 5.32 Å². The number of hydrogen-bond donors (Lipinski definition) is 1. The first-order chi connectivity index (χ1) is 11.8. The zero-order valence-corrected chi connectivity index (χ0v) is 15.2. The predicted molar refractivity (Wildman–Crippen MR) is 93.3 cm³/mol. The highest BCUT2D eigenvalue weighted by Crippen LogP contribution is 2.28. The summed E-state index contributed by atoms with van der Waals surface area (Å²) in [6, 6.07) is 6.05. The average Bonchev–Trinajstić information content (AvgIpc) is 2.53. The molecule has 134 valence electrons. The molecule has 0 bridgehead atoms. The Balaban J connectivity index is 2.09. The molecular weight excluding hydrogens is 348 g/mol. The van der Waals surface area contributed by atoms with Gasteiger partial charge in [0.1, 0.15) is 5.75 Å². The number of hydrogen-bond acceptors (Lipinski definition) is 5. The van der Waals surface area contributed by atoms with Crippen LogP contribution in [0.2, 0.25) is 0 Å². The lowest BCUT2D eigenvalue weighted by atomic mass is 10.2. The quantitative estimate of drug-likeness (QED) is 0.615. The maximum atomic E-state index is 12.4. The number of carbonyl (C=O) groups excluding carboxylic acids is 1. The molecule has 2 aromatic rings. The Labute approximate surface area is 149 Å². The molecule has 0 spiro atoms. The molecule has 1 atom stereocenters. The minimum Gasteiger partial charge on any atom is -0.433 e. The number of alkyl halides is 2. The molecule has 1 aromatic heterocycles. The summed E-state index contributed by atoms with van der Waals surface area (Å²) in [6.45, 7) is 4.45. The van der Waals surface area contributed by atoms with E-state index in [1.165, 1.54) is 23.9 Å². The van der Waals surface area contributed by atoms with Gasteiger partial charge in [-0.15, -0.1) is 0 Å². The molecule has 0 aliphatic carbocycles. The van der Waals surface area contributed by atoms with Gasteiger partial charge in [-0.1, -0.05) is 23.9 Å². The number of aryl methyl sites for hydroxylation is 2. The largest absolute Gasteiger partial charge is 0.433 e. The number of rotatable bonds is 6. The first-order valence-electron chi connectivity index (χ1n) is 7.61. The summed E-state index contributed by atoms with van der Waals surface area (Å²) < 4.78 is 29.3. The van der Waals surface area contributed by atoms with Crippen molar-refractivity contribution in [2.24, 2.45) is 0 Å². The molecule has 0 aliphatic heterocycles. The van der Waals surface area contributed by atoms with Crippen LogP contribution in [0.4, 0.5) is 14.5 Å². The van der Waals surface area contributed by atoms with E-state index >= 15 is 0 Å². The number of nitrogens with zero attached hydrogens (tertiary/aromatic N) is 2. The molecular formula is C17H19F2N3O2S. The third-order valence-corrected chi connectivity index (χ3v) is 4.59. The van der Waals surface area contributed by atoms with E-state index in [1.807, 2.05) is 20.8 Å². The monoisotopic (exact) mass is 367 g/mol. The second-order valence-corrected chi connectivity index (χ2v) is 6.73. The maximum Gasteiger partial charge on any atom is 0.387 e. The first kappa shape index (κ1) is 19.1. The number of para-hydroxylation sites is 2. The van der Waals surface area contributed by atoms with Crippen LogP contribution in [0.5, 0.6) is 5.75 Å². The fourth-order valence-electron chi connectivity index (χ4n) is 2.01. The highest BCUT2D eigenvalue weighted by atomic mass is 32.2. The standard InChI is InChI=1S/C17H19F2N3O2S/c1-9-10(2)20-17(21-11(9)3)25-12(4)15(23)22-13-7-5-6-8-14(13)24-16(18)19/h5-8,12,16H,1-4H3,(H,22,23)/t12-/m1/s1. The summed E-state index contributed by atoms with van der Waals surface area (Å²) in [4.78, 5) is 21.1. The van der Waals surface area contributed by atoms with E-state index in [0.717, 1.165) is 17.0 Å². The van der Waals surface area contributed by atoms with Gasteiger partial charge < -0.3 is 10.1 Å². The van der Waals surface area contributed by atoms with E-state index in [2.05, 4.69) is 20.0 Å². The van der Waals surface area contributed by atoms with E-state index in [0.29, 0.717) is 5.16 Å². The van der Waals surface area contributed by atoms with Gasteiger partial charge in [0.25, 0.3) is 0 Å². The molecule has 0 unspecified atom stereocenters. The van der Waals surface area contributed by atoms with Crippen molar-refractivity contribution in [1.29, 1.82) is 0 Å². The lowest BCUT2D eigenvalue weighted by Gasteiger charge is -2.15. The number of aromatic nitrogens is 2. The van der Waals surface area contributed by atoms with Crippen LogP contribution in [-0.2, 0) is 4.79 Å². The van der Waals surface area contributed by atoms with Crippen LogP contribution in [-0.4, -0.2) is 27.7 Å². The Morgan fingerprint density at radius 2 is 1.76 bits per heavy atom. The number of amides is 1. The van der Waals surface area contributed by atoms with Crippen LogP contribution in [0, 0.1) is 20.8 Å². The molecule has 8 heteroatoms. The second kappa shape index (κ2) is 8.24. The van der Waals surface area contributed by atoms with Crippen LogP contribution < -0.4 is 10.1 Å². The molecule has 0 fully saturated rings. The van der Waals surface area contributed by atoms with Crippen molar-refractivity contribution in [1.82, 2.24) is 9.97 Å². The molecule has 1 N–H and O–H groups in total. The van der Waals surface area contributed by atoms with E-state index in [4.69, 9.17) is 0 Å². The topological polar surface area (TPSA) is 64.1 Å². The fraction of sp³-hybridized carbons (Fsp3) is 0.353. The SMILES string of the molecule is Cc1nc(S[C@H](C)C(=O)Nc2ccccc2OC(F)F)nc(C)c1C. The van der Waals surface area contributed by atoms with Crippen molar-refractivity contribution in [2.45, 2.75) is 44.7 Å². The smallest absolute Gasteiger partial charge is 0.387 e. The summed E-state index contributed by atoms with van der Waals surface area (Å²) >= 11 is 1.20. The van der Waals surface area contributed by atoms with Crippen LogP contribution in [0.25, 0.3) is 0 Å². The lowest BCUT2D eigenvalue weighted by Crippen LogP contribution is -2.23. The highest BCUT2D eigenvalue weighted by Gasteiger charge is 2.19. The Morgan fingerprint density at radius 3 is 2.36 bits per heavy atom. The molecule has 25 heavy (non-hydrogen) atoms. The summed E-state index contributed by atoms with van der Waals surface area (Å²) in [5.41, 5.74) is 2.92. The summed E-state index contributed by atoms with van der Waals surface area (Å²) in [7, 11) is 0. The second-order valence-electron chi connectivity index (χ2n) is 5.43. The number of thioether (sulfide) groups is 1. The van der Waals surface area contributed by atoms with Gasteiger partial charge >= 0.3 is 6.61 Å². The zero-order valence-electron chi connectivity index (χ0n) is 14.3. The van der Waals surface area contributed by atoms with Crippen LogP contribution in [0.3, 0.4) is 0 Å². The number of benzene rings is 1. The molecule has 0 saturated heterocycles. The Bertz CT molecular complexity index is 748. The third kappa shape index (κ3) is 5.12. The van der Waals surface area contributed by atoms with Crippen LogP contribution in [0.1, 0.15) is 23.9 Å². The Kier molecular flexibility index (Phi) is 6.30. The maximum absolute atomic E-state index is 12.4. The van der Waals surface area contributed by atoms with Gasteiger partial charge in [-0.3, -0.25) is 4.79 Å². The lowest BCUT2D eigenvalue weighted by molar-refractivity contribution is -0.115.